The molecular formula is C14H16N2O3. The van der Waals surface area contributed by atoms with E-state index in [4.69, 9.17) is 14.7 Å². The number of ether oxygens (including phenoxy) is 2. The fourth-order valence-electron chi connectivity index (χ4n) is 2.05. The van der Waals surface area contributed by atoms with Gasteiger partial charge in [0.15, 0.2) is 17.3 Å². The Morgan fingerprint density at radius 1 is 1.42 bits per heavy atom. The molecule has 2 rings (SSSR count). The Hall–Kier alpha value is -2.06. The summed E-state index contributed by atoms with van der Waals surface area (Å²) in [5.41, 5.74) is 2.19. The highest BCUT2D eigenvalue weighted by molar-refractivity contribution is 5.82. The average Bonchev–Trinajstić information content (AvgIpc) is 2.76. The van der Waals surface area contributed by atoms with Gasteiger partial charge in [-0.3, -0.25) is 9.69 Å². The number of carbonyl (C=O) groups excluding carboxylic acids is 1. The Morgan fingerprint density at radius 2 is 2.11 bits per heavy atom. The molecule has 0 atom stereocenters. The Morgan fingerprint density at radius 3 is 2.79 bits per heavy atom. The van der Waals surface area contributed by atoms with Crippen molar-refractivity contribution in [1.82, 2.24) is 4.90 Å². The van der Waals surface area contributed by atoms with Crippen LogP contribution in [0.4, 0.5) is 0 Å². The number of hydrogen-bond donors (Lipinski definition) is 0. The first-order valence-corrected chi connectivity index (χ1v) is 6.06. The summed E-state index contributed by atoms with van der Waals surface area (Å²) < 4.78 is 10.7. The van der Waals surface area contributed by atoms with E-state index in [-0.39, 0.29) is 25.5 Å². The third-order valence-electron chi connectivity index (χ3n) is 2.99. The summed E-state index contributed by atoms with van der Waals surface area (Å²) in [5.74, 6) is 1.45. The average molecular weight is 260 g/mol. The SMILES string of the molecule is Cc1cc2c(cc1CN(C)CC(=O)CC#N)OCO2. The molecule has 1 heterocycles. The Labute approximate surface area is 112 Å². The minimum atomic E-state index is -0.0663. The third kappa shape index (κ3) is 3.24. The van der Waals surface area contributed by atoms with Crippen molar-refractivity contribution in [3.05, 3.63) is 23.3 Å². The number of ketones is 1. The zero-order valence-electron chi connectivity index (χ0n) is 11.1. The van der Waals surface area contributed by atoms with Crippen LogP contribution in [-0.4, -0.2) is 31.1 Å². The molecule has 0 radical (unpaired) electrons. The Bertz CT molecular complexity index is 534. The van der Waals surface area contributed by atoms with Crippen LogP contribution in [0.2, 0.25) is 0 Å². The number of carbonyl (C=O) groups is 1. The number of benzene rings is 1. The lowest BCUT2D eigenvalue weighted by Gasteiger charge is -2.17. The smallest absolute Gasteiger partial charge is 0.231 e. The van der Waals surface area contributed by atoms with Crippen LogP contribution in [-0.2, 0) is 11.3 Å². The third-order valence-corrected chi connectivity index (χ3v) is 2.99. The molecule has 1 aliphatic heterocycles. The molecule has 0 aromatic heterocycles. The Balaban J connectivity index is 2.03. The number of nitrogens with zero attached hydrogens (tertiary/aromatic N) is 2. The van der Waals surface area contributed by atoms with Crippen molar-refractivity contribution in [2.24, 2.45) is 0 Å². The van der Waals surface area contributed by atoms with Crippen molar-refractivity contribution >= 4 is 5.78 Å². The van der Waals surface area contributed by atoms with Crippen molar-refractivity contribution in [3.63, 3.8) is 0 Å². The number of fused-ring (bicyclic) bond motifs is 1. The number of Topliss-reactive ketones (excluding diaryl/α,β-unsaturated/α-hetero) is 1. The summed E-state index contributed by atoms with van der Waals surface area (Å²) in [6.45, 7) is 3.18. The van der Waals surface area contributed by atoms with E-state index in [0.717, 1.165) is 22.6 Å². The normalized spacial score (nSPS) is 12.5. The van der Waals surface area contributed by atoms with Gasteiger partial charge in [0, 0.05) is 6.54 Å². The van der Waals surface area contributed by atoms with E-state index in [0.29, 0.717) is 6.54 Å². The van der Waals surface area contributed by atoms with Crippen LogP contribution < -0.4 is 9.47 Å². The number of likely N-dealkylation sites (N-methyl/N-ethyl adjacent to an activating group) is 1. The molecule has 1 aliphatic rings. The molecule has 5 nitrogen and oxygen atoms in total. The van der Waals surface area contributed by atoms with E-state index < -0.39 is 0 Å². The second-order valence-electron chi connectivity index (χ2n) is 4.68. The van der Waals surface area contributed by atoms with Gasteiger partial charge in [-0.05, 0) is 37.2 Å². The lowest BCUT2D eigenvalue weighted by molar-refractivity contribution is -0.119. The molecule has 1 aromatic rings. The summed E-state index contributed by atoms with van der Waals surface area (Å²) in [6, 6.07) is 5.76. The van der Waals surface area contributed by atoms with E-state index in [1.165, 1.54) is 0 Å². The summed E-state index contributed by atoms with van der Waals surface area (Å²) in [6.07, 6.45) is -0.0372. The van der Waals surface area contributed by atoms with Gasteiger partial charge in [0.05, 0.1) is 19.0 Å². The highest BCUT2D eigenvalue weighted by atomic mass is 16.7. The quantitative estimate of drug-likeness (QED) is 0.805. The molecule has 0 spiro atoms. The van der Waals surface area contributed by atoms with Crippen molar-refractivity contribution < 1.29 is 14.3 Å². The molecule has 0 fully saturated rings. The van der Waals surface area contributed by atoms with Crippen LogP contribution >= 0.6 is 0 Å². The van der Waals surface area contributed by atoms with Gasteiger partial charge in [0.2, 0.25) is 6.79 Å². The maximum atomic E-state index is 11.4. The summed E-state index contributed by atoms with van der Waals surface area (Å²) in [7, 11) is 1.86. The molecule has 0 saturated heterocycles. The molecule has 0 bridgehead atoms. The molecule has 0 aliphatic carbocycles. The zero-order chi connectivity index (χ0) is 13.8. The number of nitriles is 1. The first-order valence-electron chi connectivity index (χ1n) is 6.06. The van der Waals surface area contributed by atoms with Crippen LogP contribution in [0, 0.1) is 18.3 Å². The minimum absolute atomic E-state index is 0.0372. The monoisotopic (exact) mass is 260 g/mol. The summed E-state index contributed by atoms with van der Waals surface area (Å²) in [4.78, 5) is 13.3. The minimum Gasteiger partial charge on any atom is -0.454 e. The second-order valence-corrected chi connectivity index (χ2v) is 4.68. The highest BCUT2D eigenvalue weighted by Gasteiger charge is 2.16. The van der Waals surface area contributed by atoms with Crippen molar-refractivity contribution in [2.45, 2.75) is 19.9 Å². The molecule has 1 aromatic carbocycles. The van der Waals surface area contributed by atoms with E-state index >= 15 is 0 Å². The highest BCUT2D eigenvalue weighted by Crippen LogP contribution is 2.34. The van der Waals surface area contributed by atoms with E-state index in [1.807, 2.05) is 37.1 Å². The van der Waals surface area contributed by atoms with Gasteiger partial charge >= 0.3 is 0 Å². The van der Waals surface area contributed by atoms with Gasteiger partial charge < -0.3 is 9.47 Å². The van der Waals surface area contributed by atoms with Gasteiger partial charge in [-0.1, -0.05) is 0 Å². The predicted octanol–water partition coefficient (Wildman–Crippen LogP) is 1.64. The first-order chi connectivity index (χ1) is 9.10. The lowest BCUT2D eigenvalue weighted by atomic mass is 10.1. The fraction of sp³-hybridized carbons (Fsp3) is 0.429. The fourth-order valence-corrected chi connectivity index (χ4v) is 2.05. The molecular weight excluding hydrogens is 244 g/mol. The summed E-state index contributed by atoms with van der Waals surface area (Å²) in [5, 5.41) is 8.47. The molecule has 0 saturated carbocycles. The van der Waals surface area contributed by atoms with Gasteiger partial charge in [-0.25, -0.2) is 0 Å². The molecule has 100 valence electrons. The first kappa shape index (κ1) is 13.4. The number of aryl methyl sites for hydroxylation is 1. The maximum Gasteiger partial charge on any atom is 0.231 e. The standard InChI is InChI=1S/C14H16N2O3/c1-10-5-13-14(19-9-18-13)6-11(10)7-16(2)8-12(17)3-4-15/h5-6H,3,7-9H2,1-2H3. The molecule has 0 unspecified atom stereocenters. The van der Waals surface area contributed by atoms with Crippen molar-refractivity contribution in [3.8, 4) is 17.6 Å². The lowest BCUT2D eigenvalue weighted by Crippen LogP contribution is -2.25. The van der Waals surface area contributed by atoms with E-state index in [2.05, 4.69) is 0 Å². The van der Waals surface area contributed by atoms with E-state index in [9.17, 15) is 4.79 Å². The molecule has 5 heteroatoms. The van der Waals surface area contributed by atoms with Gasteiger partial charge in [-0.15, -0.1) is 0 Å². The Kier molecular flexibility index (Phi) is 4.03. The van der Waals surface area contributed by atoms with E-state index in [1.54, 1.807) is 0 Å². The van der Waals surface area contributed by atoms with Gasteiger partial charge in [0.25, 0.3) is 0 Å². The zero-order valence-corrected chi connectivity index (χ0v) is 11.1. The van der Waals surface area contributed by atoms with Crippen LogP contribution in [0.15, 0.2) is 12.1 Å². The second kappa shape index (κ2) is 5.72. The van der Waals surface area contributed by atoms with Crippen molar-refractivity contribution in [2.75, 3.05) is 20.4 Å². The number of rotatable bonds is 5. The molecule has 0 N–H and O–H groups in total. The predicted molar refractivity (Wildman–Crippen MR) is 68.9 cm³/mol. The molecule has 0 amide bonds. The topological polar surface area (TPSA) is 62.6 Å². The van der Waals surface area contributed by atoms with Crippen LogP contribution in [0.5, 0.6) is 11.5 Å². The maximum absolute atomic E-state index is 11.4. The van der Waals surface area contributed by atoms with Crippen LogP contribution in [0.25, 0.3) is 0 Å². The number of hydrogen-bond acceptors (Lipinski definition) is 5. The largest absolute Gasteiger partial charge is 0.454 e. The van der Waals surface area contributed by atoms with Gasteiger partial charge in [-0.2, -0.15) is 5.26 Å². The van der Waals surface area contributed by atoms with Crippen LogP contribution in [0.1, 0.15) is 17.5 Å². The summed E-state index contributed by atoms with van der Waals surface area (Å²) >= 11 is 0. The van der Waals surface area contributed by atoms with Crippen molar-refractivity contribution in [1.29, 1.82) is 5.26 Å². The van der Waals surface area contributed by atoms with Gasteiger partial charge in [0.1, 0.15) is 0 Å². The molecule has 19 heavy (non-hydrogen) atoms. The van der Waals surface area contributed by atoms with Crippen LogP contribution in [0.3, 0.4) is 0 Å².